The molecule has 1 aromatic carbocycles. The van der Waals surface area contributed by atoms with Crippen LogP contribution in [0.3, 0.4) is 0 Å². The highest BCUT2D eigenvalue weighted by Gasteiger charge is 2.20. The lowest BCUT2D eigenvalue weighted by Crippen LogP contribution is -2.22. The molecule has 0 atom stereocenters. The third kappa shape index (κ3) is 2.59. The maximum Gasteiger partial charge on any atom is 0.153 e. The SMILES string of the molecule is CC(C)(C)n1cc(C=O)c(-c2ccc(C#N)cc2Cl)n1. The van der Waals surface area contributed by atoms with E-state index in [1.54, 1.807) is 29.1 Å². The summed E-state index contributed by atoms with van der Waals surface area (Å²) in [6.45, 7) is 6.00. The third-order valence-electron chi connectivity index (χ3n) is 2.91. The molecule has 1 aromatic heterocycles. The number of benzene rings is 1. The quantitative estimate of drug-likeness (QED) is 0.792. The first-order chi connectivity index (χ1) is 9.36. The van der Waals surface area contributed by atoms with Gasteiger partial charge in [0.2, 0.25) is 0 Å². The van der Waals surface area contributed by atoms with Gasteiger partial charge in [-0.2, -0.15) is 10.4 Å². The van der Waals surface area contributed by atoms with Crippen LogP contribution in [-0.4, -0.2) is 16.1 Å². The van der Waals surface area contributed by atoms with E-state index in [1.807, 2.05) is 26.8 Å². The van der Waals surface area contributed by atoms with Crippen molar-refractivity contribution in [3.8, 4) is 17.3 Å². The topological polar surface area (TPSA) is 58.7 Å². The maximum absolute atomic E-state index is 11.2. The predicted octanol–water partition coefficient (Wildman–Crippen LogP) is 3.64. The Morgan fingerprint density at radius 2 is 2.10 bits per heavy atom. The molecule has 0 saturated carbocycles. The van der Waals surface area contributed by atoms with Crippen molar-refractivity contribution in [2.24, 2.45) is 0 Å². The summed E-state index contributed by atoms with van der Waals surface area (Å²) in [5, 5.41) is 13.7. The van der Waals surface area contributed by atoms with E-state index in [2.05, 4.69) is 5.10 Å². The molecule has 2 aromatic rings. The number of hydrogen-bond donors (Lipinski definition) is 0. The Balaban J connectivity index is 2.61. The second kappa shape index (κ2) is 5.10. The fourth-order valence-electron chi connectivity index (χ4n) is 1.80. The van der Waals surface area contributed by atoms with E-state index in [-0.39, 0.29) is 5.54 Å². The van der Waals surface area contributed by atoms with Gasteiger partial charge in [0.1, 0.15) is 5.69 Å². The summed E-state index contributed by atoms with van der Waals surface area (Å²) in [6.07, 6.45) is 2.47. The first-order valence-electron chi connectivity index (χ1n) is 6.12. The lowest BCUT2D eigenvalue weighted by atomic mass is 10.1. The molecule has 0 fully saturated rings. The Hall–Kier alpha value is -2.12. The van der Waals surface area contributed by atoms with Gasteiger partial charge in [0.25, 0.3) is 0 Å². The fourth-order valence-corrected chi connectivity index (χ4v) is 2.07. The molecule has 102 valence electrons. The molecule has 0 aliphatic heterocycles. The summed E-state index contributed by atoms with van der Waals surface area (Å²) in [7, 11) is 0. The van der Waals surface area contributed by atoms with Gasteiger partial charge in [0, 0.05) is 11.8 Å². The van der Waals surface area contributed by atoms with E-state index in [0.29, 0.717) is 27.4 Å². The van der Waals surface area contributed by atoms with Crippen molar-refractivity contribution < 1.29 is 4.79 Å². The van der Waals surface area contributed by atoms with Gasteiger partial charge in [-0.1, -0.05) is 11.6 Å². The number of hydrogen-bond acceptors (Lipinski definition) is 3. The van der Waals surface area contributed by atoms with E-state index in [1.165, 1.54) is 0 Å². The van der Waals surface area contributed by atoms with Crippen LogP contribution < -0.4 is 0 Å². The molecule has 5 heteroatoms. The van der Waals surface area contributed by atoms with Crippen molar-refractivity contribution >= 4 is 17.9 Å². The smallest absolute Gasteiger partial charge is 0.153 e. The zero-order valence-electron chi connectivity index (χ0n) is 11.5. The van der Waals surface area contributed by atoms with E-state index in [4.69, 9.17) is 16.9 Å². The molecule has 0 N–H and O–H groups in total. The number of nitriles is 1. The van der Waals surface area contributed by atoms with E-state index >= 15 is 0 Å². The summed E-state index contributed by atoms with van der Waals surface area (Å²) < 4.78 is 1.74. The van der Waals surface area contributed by atoms with Crippen molar-refractivity contribution in [3.63, 3.8) is 0 Å². The van der Waals surface area contributed by atoms with E-state index < -0.39 is 0 Å². The van der Waals surface area contributed by atoms with Gasteiger partial charge in [-0.25, -0.2) is 0 Å². The lowest BCUT2D eigenvalue weighted by molar-refractivity contribution is 0.112. The van der Waals surface area contributed by atoms with Crippen LogP contribution in [0.25, 0.3) is 11.3 Å². The van der Waals surface area contributed by atoms with Crippen LogP contribution in [0.15, 0.2) is 24.4 Å². The second-order valence-corrected chi connectivity index (χ2v) is 5.88. The summed E-state index contributed by atoms with van der Waals surface area (Å²) in [5.41, 5.74) is 1.91. The Labute approximate surface area is 122 Å². The van der Waals surface area contributed by atoms with Crippen molar-refractivity contribution in [2.45, 2.75) is 26.3 Å². The van der Waals surface area contributed by atoms with Crippen LogP contribution in [0.1, 0.15) is 36.7 Å². The fraction of sp³-hybridized carbons (Fsp3) is 0.267. The number of aromatic nitrogens is 2. The zero-order valence-corrected chi connectivity index (χ0v) is 12.3. The minimum absolute atomic E-state index is 0.227. The highest BCUT2D eigenvalue weighted by molar-refractivity contribution is 6.33. The highest BCUT2D eigenvalue weighted by Crippen LogP contribution is 2.30. The molecule has 0 spiro atoms. The average Bonchev–Trinajstić information content (AvgIpc) is 2.82. The van der Waals surface area contributed by atoms with Crippen LogP contribution >= 0.6 is 11.6 Å². The maximum atomic E-state index is 11.2. The molecular formula is C15H14ClN3O. The van der Waals surface area contributed by atoms with Crippen LogP contribution in [0.2, 0.25) is 5.02 Å². The number of aldehydes is 1. The van der Waals surface area contributed by atoms with Crippen molar-refractivity contribution in [2.75, 3.05) is 0 Å². The van der Waals surface area contributed by atoms with Crippen LogP contribution in [-0.2, 0) is 5.54 Å². The van der Waals surface area contributed by atoms with Crippen LogP contribution in [0, 0.1) is 11.3 Å². The Morgan fingerprint density at radius 1 is 1.40 bits per heavy atom. The average molecular weight is 288 g/mol. The molecule has 0 amide bonds. The zero-order chi connectivity index (χ0) is 14.9. The van der Waals surface area contributed by atoms with Crippen molar-refractivity contribution in [1.29, 1.82) is 5.26 Å². The molecule has 20 heavy (non-hydrogen) atoms. The Kier molecular flexibility index (Phi) is 3.65. The van der Waals surface area contributed by atoms with Crippen LogP contribution in [0.5, 0.6) is 0 Å². The largest absolute Gasteiger partial charge is 0.298 e. The number of rotatable bonds is 2. The van der Waals surface area contributed by atoms with Gasteiger partial charge in [-0.15, -0.1) is 0 Å². The van der Waals surface area contributed by atoms with Crippen molar-refractivity contribution in [1.82, 2.24) is 9.78 Å². The van der Waals surface area contributed by atoms with Gasteiger partial charge in [0.05, 0.1) is 27.8 Å². The van der Waals surface area contributed by atoms with Gasteiger partial charge in [-0.05, 0) is 39.0 Å². The van der Waals surface area contributed by atoms with Crippen molar-refractivity contribution in [3.05, 3.63) is 40.5 Å². The third-order valence-corrected chi connectivity index (χ3v) is 3.22. The summed E-state index contributed by atoms with van der Waals surface area (Å²) >= 11 is 6.18. The number of nitrogens with zero attached hydrogens (tertiary/aromatic N) is 3. The molecule has 0 aliphatic rings. The molecule has 0 aliphatic carbocycles. The van der Waals surface area contributed by atoms with Gasteiger partial charge >= 0.3 is 0 Å². The second-order valence-electron chi connectivity index (χ2n) is 5.47. The first kappa shape index (κ1) is 14.3. The first-order valence-corrected chi connectivity index (χ1v) is 6.50. The normalized spacial score (nSPS) is 11.2. The number of carbonyl (C=O) groups excluding carboxylic acids is 1. The molecular weight excluding hydrogens is 274 g/mol. The summed E-state index contributed by atoms with van der Waals surface area (Å²) in [4.78, 5) is 11.2. The molecule has 0 unspecified atom stereocenters. The molecule has 2 rings (SSSR count). The lowest BCUT2D eigenvalue weighted by Gasteiger charge is -2.18. The van der Waals surface area contributed by atoms with E-state index in [9.17, 15) is 4.79 Å². The Bertz CT molecular complexity index is 705. The molecule has 4 nitrogen and oxygen atoms in total. The summed E-state index contributed by atoms with van der Waals surface area (Å²) in [6, 6.07) is 6.97. The predicted molar refractivity (Wildman–Crippen MR) is 77.8 cm³/mol. The molecule has 0 bridgehead atoms. The number of carbonyl (C=O) groups is 1. The van der Waals surface area contributed by atoms with Crippen LogP contribution in [0.4, 0.5) is 0 Å². The minimum atomic E-state index is -0.227. The Morgan fingerprint density at radius 3 is 2.60 bits per heavy atom. The summed E-state index contributed by atoms with van der Waals surface area (Å²) in [5.74, 6) is 0. The van der Waals surface area contributed by atoms with E-state index in [0.717, 1.165) is 6.29 Å². The minimum Gasteiger partial charge on any atom is -0.298 e. The number of halogens is 1. The monoisotopic (exact) mass is 287 g/mol. The molecule has 0 saturated heterocycles. The van der Waals surface area contributed by atoms with Gasteiger partial charge < -0.3 is 0 Å². The highest BCUT2D eigenvalue weighted by atomic mass is 35.5. The van der Waals surface area contributed by atoms with Gasteiger partial charge in [-0.3, -0.25) is 9.48 Å². The van der Waals surface area contributed by atoms with Gasteiger partial charge in [0.15, 0.2) is 6.29 Å². The standard InChI is InChI=1S/C15H14ClN3O/c1-15(2,3)19-8-11(9-20)14(18-19)12-5-4-10(7-17)6-13(12)16/h4-6,8-9H,1-3H3. The molecule has 1 heterocycles. The molecule has 0 radical (unpaired) electrons.